The van der Waals surface area contributed by atoms with Gasteiger partial charge in [0.1, 0.15) is 0 Å². The molecule has 117 valence electrons. The van der Waals surface area contributed by atoms with Crippen LogP contribution in [-0.4, -0.2) is 42.6 Å². The van der Waals surface area contributed by atoms with E-state index in [1.165, 1.54) is 23.5 Å². The third-order valence-corrected chi connectivity index (χ3v) is 15.6. The van der Waals surface area contributed by atoms with Crippen molar-refractivity contribution in [2.24, 2.45) is 4.75 Å². The Balaban J connectivity index is 2.05. The molecule has 2 unspecified atom stereocenters. The Morgan fingerprint density at radius 1 is 0.864 bits per heavy atom. The van der Waals surface area contributed by atoms with E-state index in [0.717, 1.165) is 0 Å². The Morgan fingerprint density at radius 3 is 1.55 bits per heavy atom. The second-order valence-electron chi connectivity index (χ2n) is 5.91. The fourth-order valence-electron chi connectivity index (χ4n) is 2.77. The van der Waals surface area contributed by atoms with Crippen LogP contribution in [0.3, 0.4) is 0 Å². The third kappa shape index (κ3) is 5.20. The molecule has 2 N–H and O–H groups in total. The van der Waals surface area contributed by atoms with Crippen LogP contribution >= 0.6 is 4.64 Å². The fraction of sp³-hybridized carbons (Fsp3) is 0.333. The molecule has 0 aliphatic heterocycles. The molecule has 2 atom stereocenters. The van der Waals surface area contributed by atoms with Gasteiger partial charge in [-0.3, -0.25) is 0 Å². The molecule has 0 amide bonds. The van der Waals surface area contributed by atoms with Crippen molar-refractivity contribution in [2.45, 2.75) is 25.7 Å². The van der Waals surface area contributed by atoms with Gasteiger partial charge in [-0.15, -0.1) is 0 Å². The zero-order valence-electron chi connectivity index (χ0n) is 13.2. The van der Waals surface area contributed by atoms with Crippen molar-refractivity contribution in [3.05, 3.63) is 71.8 Å². The second-order valence-corrected chi connectivity index (χ2v) is 22.1. The van der Waals surface area contributed by atoms with Crippen LogP contribution in [0, 0.1) is 0 Å². The minimum atomic E-state index is -1.18. The third-order valence-electron chi connectivity index (χ3n) is 4.03. The second kappa shape index (κ2) is 8.65. The number of hydrogen-bond acceptors (Lipinski definition) is 1. The van der Waals surface area contributed by atoms with E-state index >= 15 is 0 Å². The molecule has 0 aliphatic carbocycles. The van der Waals surface area contributed by atoms with Gasteiger partial charge in [0.15, 0.2) is 0 Å². The predicted molar refractivity (Wildman–Crippen MR) is 102 cm³/mol. The molecule has 0 fully saturated rings. The number of nitrogens with two attached hydrogens (primary N) is 1. The van der Waals surface area contributed by atoms with Gasteiger partial charge < -0.3 is 0 Å². The van der Waals surface area contributed by atoms with Crippen molar-refractivity contribution in [3.8, 4) is 0 Å². The Bertz CT molecular complexity index is 514. The normalized spacial score (nSPS) is 16.7. The molecule has 0 aliphatic rings. The zero-order valence-corrected chi connectivity index (χ0v) is 17.5. The summed E-state index contributed by atoms with van der Waals surface area (Å²) in [7, 11) is 0. The maximum absolute atomic E-state index is 6.24. The van der Waals surface area contributed by atoms with Gasteiger partial charge in [-0.2, -0.15) is 0 Å². The summed E-state index contributed by atoms with van der Waals surface area (Å²) in [6.45, 7) is 4.67. The summed E-state index contributed by atoms with van der Waals surface area (Å²) in [5, 5.41) is 0. The van der Waals surface area contributed by atoms with Crippen LogP contribution in [0.25, 0.3) is 0 Å². The molecule has 4 heteroatoms. The molecular weight excluding hydrogens is 419 g/mol. The molecule has 1 radical (unpaired) electrons. The summed E-state index contributed by atoms with van der Waals surface area (Å²) in [6, 6.07) is 21.6. The van der Waals surface area contributed by atoms with Crippen LogP contribution in [0.2, 0.25) is 0 Å². The Hall–Kier alpha value is -0.131. The fourth-order valence-corrected chi connectivity index (χ4v) is 11.9. The van der Waals surface area contributed by atoms with Crippen molar-refractivity contribution in [1.29, 1.82) is 0 Å². The molecule has 2 rings (SSSR count). The molecule has 0 heterocycles. The van der Waals surface area contributed by atoms with E-state index in [1.54, 1.807) is 0 Å². The van der Waals surface area contributed by atoms with Crippen LogP contribution in [0.4, 0.5) is 0 Å². The van der Waals surface area contributed by atoms with Crippen LogP contribution in [0.1, 0.15) is 36.8 Å². The minimum absolute atomic E-state index is 0.207. The van der Waals surface area contributed by atoms with E-state index in [1.807, 2.05) is 0 Å². The first-order valence-electron chi connectivity index (χ1n) is 7.60. The molecule has 0 saturated carbocycles. The molecule has 2 aromatic carbocycles. The van der Waals surface area contributed by atoms with E-state index in [9.17, 15) is 0 Å². The van der Waals surface area contributed by atoms with E-state index < -0.39 is 4.64 Å². The first-order valence-corrected chi connectivity index (χ1v) is 15.2. The summed E-state index contributed by atoms with van der Waals surface area (Å²) in [4.78, 5) is 0. The Morgan fingerprint density at radius 2 is 1.23 bits per heavy atom. The van der Waals surface area contributed by atoms with E-state index in [2.05, 4.69) is 90.1 Å². The van der Waals surface area contributed by atoms with E-state index in [0.29, 0.717) is 11.8 Å². The number of hydrogen-bond donors (Lipinski definition) is 1. The summed E-state index contributed by atoms with van der Waals surface area (Å²) in [6.07, 6.45) is 2.43. The molecule has 0 spiro atoms. The predicted octanol–water partition coefficient (Wildman–Crippen LogP) is 4.19. The van der Waals surface area contributed by atoms with Crippen molar-refractivity contribution < 1.29 is 0 Å². The van der Waals surface area contributed by atoms with Gasteiger partial charge >= 0.3 is 149 Å². The van der Waals surface area contributed by atoms with Crippen LogP contribution in [0.5, 0.6) is 0 Å². The summed E-state index contributed by atoms with van der Waals surface area (Å²) >= 11 is 3.76. The molecular formula is C18H24NPSe2+. The van der Waals surface area contributed by atoms with Gasteiger partial charge in [-0.05, 0) is 0 Å². The Kier molecular flexibility index (Phi) is 7.16. The van der Waals surface area contributed by atoms with Crippen LogP contribution in [0.15, 0.2) is 60.7 Å². The molecule has 0 saturated heterocycles. The quantitative estimate of drug-likeness (QED) is 0.504. The number of rotatable bonds is 7. The van der Waals surface area contributed by atoms with Crippen LogP contribution in [-0.2, 0) is 0 Å². The van der Waals surface area contributed by atoms with Gasteiger partial charge in [0.05, 0.1) is 0 Å². The molecule has 1 nitrogen and oxygen atoms in total. The van der Waals surface area contributed by atoms with Gasteiger partial charge in [0.2, 0.25) is 0 Å². The van der Waals surface area contributed by atoms with E-state index in [4.69, 9.17) is 4.75 Å². The van der Waals surface area contributed by atoms with Crippen molar-refractivity contribution in [1.82, 2.24) is 0 Å². The standard InChI is InChI=1S/C18H24NPSe2/c1-15(17-9-5-3-6-10-17)13-20(21,22-19)14-16(2)18-11-7-4-8-12-18/h3-12,15-16H,13-14,19H2,1-2H3/q+1. The van der Waals surface area contributed by atoms with Gasteiger partial charge in [0, 0.05) is 0 Å². The van der Waals surface area contributed by atoms with Crippen molar-refractivity contribution in [2.75, 3.05) is 12.3 Å². The molecule has 2 aromatic rings. The average molecular weight is 443 g/mol. The summed E-state index contributed by atoms with van der Waals surface area (Å²) in [5.74, 6) is 1.15. The SMILES string of the molecule is CC(C[P+]([Se])(CC(C)c1ccccc1)[Se]N)c1ccccc1. The maximum atomic E-state index is 6.24. The van der Waals surface area contributed by atoms with E-state index in [-0.39, 0.29) is 14.7 Å². The first kappa shape index (κ1) is 18.2. The molecule has 0 aromatic heterocycles. The van der Waals surface area contributed by atoms with Crippen LogP contribution < -0.4 is 4.75 Å². The monoisotopic (exact) mass is 445 g/mol. The summed E-state index contributed by atoms with van der Waals surface area (Å²) < 4.78 is 5.06. The average Bonchev–Trinajstić information content (AvgIpc) is 2.56. The van der Waals surface area contributed by atoms with Gasteiger partial charge in [0.25, 0.3) is 0 Å². The van der Waals surface area contributed by atoms with Gasteiger partial charge in [-0.1, -0.05) is 0 Å². The molecule has 0 bridgehead atoms. The number of benzene rings is 2. The Labute approximate surface area is 149 Å². The first-order chi connectivity index (χ1) is 10.5. The van der Waals surface area contributed by atoms with Crippen molar-refractivity contribution >= 4 is 34.9 Å². The van der Waals surface area contributed by atoms with Crippen molar-refractivity contribution in [3.63, 3.8) is 0 Å². The zero-order chi connectivity index (χ0) is 16.0. The topological polar surface area (TPSA) is 26.0 Å². The molecule has 22 heavy (non-hydrogen) atoms. The van der Waals surface area contributed by atoms with Gasteiger partial charge in [-0.25, -0.2) is 0 Å². The summed E-state index contributed by atoms with van der Waals surface area (Å²) in [5.41, 5.74) is 2.86.